The lowest BCUT2D eigenvalue weighted by atomic mass is 10.2. The maximum atomic E-state index is 13.5. The lowest BCUT2D eigenvalue weighted by molar-refractivity contribution is -0.116. The van der Waals surface area contributed by atoms with Crippen LogP contribution in [0.2, 0.25) is 0 Å². The highest BCUT2D eigenvalue weighted by Gasteiger charge is 2.08. The average molecular weight is 326 g/mol. The molecule has 0 saturated carbocycles. The van der Waals surface area contributed by atoms with Gasteiger partial charge < -0.3 is 11.1 Å². The Morgan fingerprint density at radius 3 is 3.00 bits per heavy atom. The van der Waals surface area contributed by atoms with Crippen LogP contribution in [0.15, 0.2) is 22.5 Å². The maximum Gasteiger partial charge on any atom is 0.224 e. The fourth-order valence-corrected chi connectivity index (χ4v) is 3.41. The number of benzene rings is 1. The Morgan fingerprint density at radius 2 is 2.29 bits per heavy atom. The monoisotopic (exact) mass is 326 g/mol. The summed E-state index contributed by atoms with van der Waals surface area (Å²) in [7, 11) is 0. The number of nitrogens with zero attached hydrogens (tertiary/aromatic N) is 2. The minimum absolute atomic E-state index is 0.118. The minimum atomic E-state index is -0.490. The second kappa shape index (κ2) is 7.37. The van der Waals surface area contributed by atoms with Crippen molar-refractivity contribution in [1.29, 1.82) is 0 Å². The number of aryl methyl sites for hydroxylation is 1. The number of rotatable bonds is 6. The molecule has 1 heterocycles. The third-order valence-corrected chi connectivity index (χ3v) is 4.60. The second-order valence-corrected chi connectivity index (χ2v) is 6.85. The van der Waals surface area contributed by atoms with Gasteiger partial charge in [0.05, 0.1) is 5.69 Å². The molecule has 2 rings (SSSR count). The van der Waals surface area contributed by atoms with Crippen LogP contribution in [-0.4, -0.2) is 21.9 Å². The zero-order valence-electron chi connectivity index (χ0n) is 11.4. The van der Waals surface area contributed by atoms with Crippen LogP contribution in [0, 0.1) is 12.7 Å². The molecular weight excluding hydrogens is 311 g/mol. The van der Waals surface area contributed by atoms with E-state index in [1.165, 1.54) is 29.5 Å². The average Bonchev–Trinajstić information content (AvgIpc) is 2.85. The van der Waals surface area contributed by atoms with Crippen molar-refractivity contribution < 1.29 is 9.18 Å². The number of nitrogens with two attached hydrogens (primary N) is 1. The molecule has 0 aliphatic carbocycles. The maximum absolute atomic E-state index is 13.5. The first kappa shape index (κ1) is 15.7. The topological polar surface area (TPSA) is 80.9 Å². The lowest BCUT2D eigenvalue weighted by Crippen LogP contribution is -2.12. The summed E-state index contributed by atoms with van der Waals surface area (Å²) in [5, 5.41) is 11.4. The predicted octanol–water partition coefficient (Wildman–Crippen LogP) is 3.08. The van der Waals surface area contributed by atoms with Crippen molar-refractivity contribution in [2.75, 3.05) is 16.8 Å². The van der Waals surface area contributed by atoms with E-state index in [0.29, 0.717) is 18.5 Å². The van der Waals surface area contributed by atoms with Gasteiger partial charge in [0.1, 0.15) is 10.8 Å². The first-order valence-electron chi connectivity index (χ1n) is 6.32. The van der Waals surface area contributed by atoms with Gasteiger partial charge in [-0.05, 0) is 31.5 Å². The Morgan fingerprint density at radius 1 is 1.48 bits per heavy atom. The van der Waals surface area contributed by atoms with Crippen molar-refractivity contribution >= 4 is 40.4 Å². The van der Waals surface area contributed by atoms with Crippen LogP contribution in [0.5, 0.6) is 0 Å². The van der Waals surface area contributed by atoms with Gasteiger partial charge in [-0.1, -0.05) is 23.1 Å². The highest BCUT2D eigenvalue weighted by Crippen LogP contribution is 2.23. The Labute approximate surface area is 130 Å². The molecule has 0 fully saturated rings. The van der Waals surface area contributed by atoms with Crippen molar-refractivity contribution in [2.24, 2.45) is 0 Å². The molecule has 0 aliphatic heterocycles. The van der Waals surface area contributed by atoms with E-state index >= 15 is 0 Å². The number of nitrogen functional groups attached to an aromatic ring is 1. The molecule has 0 bridgehead atoms. The summed E-state index contributed by atoms with van der Waals surface area (Å²) in [5.74, 6) is 0.0476. The van der Waals surface area contributed by atoms with Crippen LogP contribution in [0.3, 0.4) is 0 Å². The van der Waals surface area contributed by atoms with Gasteiger partial charge in [-0.2, -0.15) is 0 Å². The highest BCUT2D eigenvalue weighted by atomic mass is 32.2. The van der Waals surface area contributed by atoms with E-state index in [1.807, 2.05) is 6.92 Å². The lowest BCUT2D eigenvalue weighted by Gasteiger charge is -2.06. The number of hydrogen-bond acceptors (Lipinski definition) is 6. The molecule has 3 N–H and O–H groups in total. The predicted molar refractivity (Wildman–Crippen MR) is 84.0 cm³/mol. The fourth-order valence-electron chi connectivity index (χ4n) is 1.58. The number of carbonyl (C=O) groups excluding carboxylic acids is 1. The van der Waals surface area contributed by atoms with Crippen LogP contribution in [0.25, 0.3) is 0 Å². The number of nitrogens with one attached hydrogen (secondary N) is 1. The van der Waals surface area contributed by atoms with Crippen LogP contribution < -0.4 is 11.1 Å². The number of carbonyl (C=O) groups is 1. The van der Waals surface area contributed by atoms with E-state index in [0.717, 1.165) is 15.1 Å². The van der Waals surface area contributed by atoms with Crippen LogP contribution in [-0.2, 0) is 4.79 Å². The summed E-state index contributed by atoms with van der Waals surface area (Å²) in [4.78, 5) is 11.7. The molecule has 0 spiro atoms. The van der Waals surface area contributed by atoms with Gasteiger partial charge in [-0.3, -0.25) is 4.79 Å². The molecular formula is C13H15FN4OS2. The molecule has 0 aliphatic rings. The number of anilines is 2. The van der Waals surface area contributed by atoms with E-state index in [4.69, 9.17) is 5.73 Å². The van der Waals surface area contributed by atoms with E-state index in [2.05, 4.69) is 15.5 Å². The summed E-state index contributed by atoms with van der Waals surface area (Å²) in [6.45, 7) is 1.90. The quantitative estimate of drug-likeness (QED) is 0.484. The molecule has 0 atom stereocenters. The Kier molecular flexibility index (Phi) is 5.51. The standard InChI is InChI=1S/C13H15FN4OS2/c1-8-17-18-13(21-8)20-6-2-3-12(19)16-11-7-9(15)4-5-10(11)14/h4-5,7H,2-3,6,15H2,1H3,(H,16,19). The summed E-state index contributed by atoms with van der Waals surface area (Å²) < 4.78 is 14.4. The summed E-state index contributed by atoms with van der Waals surface area (Å²) in [6.07, 6.45) is 0.998. The minimum Gasteiger partial charge on any atom is -0.399 e. The van der Waals surface area contributed by atoms with Gasteiger partial charge in [0.15, 0.2) is 4.34 Å². The zero-order chi connectivity index (χ0) is 15.2. The van der Waals surface area contributed by atoms with Gasteiger partial charge in [0.2, 0.25) is 5.91 Å². The molecule has 1 aromatic heterocycles. The van der Waals surface area contributed by atoms with E-state index in [9.17, 15) is 9.18 Å². The Balaban J connectivity index is 1.73. The number of hydrogen-bond donors (Lipinski definition) is 2. The van der Waals surface area contributed by atoms with Crippen LogP contribution >= 0.6 is 23.1 Å². The number of amides is 1. The molecule has 5 nitrogen and oxygen atoms in total. The largest absolute Gasteiger partial charge is 0.399 e. The third kappa shape index (κ3) is 4.98. The van der Waals surface area contributed by atoms with E-state index in [1.54, 1.807) is 11.8 Å². The Hall–Kier alpha value is -1.67. The first-order valence-corrected chi connectivity index (χ1v) is 8.12. The summed E-state index contributed by atoms with van der Waals surface area (Å²) >= 11 is 3.10. The number of thioether (sulfide) groups is 1. The second-order valence-electron chi connectivity index (χ2n) is 4.33. The fraction of sp³-hybridized carbons (Fsp3) is 0.308. The van der Waals surface area contributed by atoms with Crippen LogP contribution in [0.4, 0.5) is 15.8 Å². The Bertz CT molecular complexity index is 632. The molecule has 1 aromatic carbocycles. The number of halogens is 1. The van der Waals surface area contributed by atoms with Gasteiger partial charge in [-0.25, -0.2) is 4.39 Å². The summed E-state index contributed by atoms with van der Waals surface area (Å²) in [5.41, 5.74) is 6.09. The number of aromatic nitrogens is 2. The van der Waals surface area contributed by atoms with Crippen molar-refractivity contribution in [3.8, 4) is 0 Å². The van der Waals surface area contributed by atoms with Crippen molar-refractivity contribution in [3.05, 3.63) is 29.0 Å². The molecule has 0 radical (unpaired) electrons. The molecule has 0 saturated heterocycles. The normalized spacial score (nSPS) is 10.6. The molecule has 112 valence electrons. The first-order chi connectivity index (χ1) is 10.0. The van der Waals surface area contributed by atoms with Gasteiger partial charge in [0, 0.05) is 17.9 Å². The zero-order valence-corrected chi connectivity index (χ0v) is 13.1. The summed E-state index contributed by atoms with van der Waals surface area (Å²) in [6, 6.07) is 4.09. The van der Waals surface area contributed by atoms with E-state index < -0.39 is 5.82 Å². The molecule has 2 aromatic rings. The third-order valence-electron chi connectivity index (χ3n) is 2.55. The van der Waals surface area contributed by atoms with Gasteiger partial charge in [0.25, 0.3) is 0 Å². The van der Waals surface area contributed by atoms with Crippen molar-refractivity contribution in [1.82, 2.24) is 10.2 Å². The molecule has 8 heteroatoms. The van der Waals surface area contributed by atoms with Crippen molar-refractivity contribution in [3.63, 3.8) is 0 Å². The van der Waals surface area contributed by atoms with Gasteiger partial charge >= 0.3 is 0 Å². The SMILES string of the molecule is Cc1nnc(SCCCC(=O)Nc2cc(N)ccc2F)s1. The highest BCUT2D eigenvalue weighted by molar-refractivity contribution is 8.01. The molecule has 21 heavy (non-hydrogen) atoms. The molecule has 0 unspecified atom stereocenters. The van der Waals surface area contributed by atoms with Crippen molar-refractivity contribution in [2.45, 2.75) is 24.1 Å². The molecule has 1 amide bonds. The smallest absolute Gasteiger partial charge is 0.224 e. The van der Waals surface area contributed by atoms with Crippen LogP contribution in [0.1, 0.15) is 17.8 Å². The van der Waals surface area contributed by atoms with E-state index in [-0.39, 0.29) is 11.6 Å². The van der Waals surface area contributed by atoms with Gasteiger partial charge in [-0.15, -0.1) is 10.2 Å².